The molecule has 0 heterocycles. The quantitative estimate of drug-likeness (QED) is 0.370. The van der Waals surface area contributed by atoms with Gasteiger partial charge in [-0.2, -0.15) is 0 Å². The number of carbonyl (C=O) groups is 1. The molecule has 0 amide bonds. The Labute approximate surface area is 177 Å². The van der Waals surface area contributed by atoms with Crippen LogP contribution in [0.4, 0.5) is 4.39 Å². The molecular formula is C23H20FIO3. The summed E-state index contributed by atoms with van der Waals surface area (Å²) < 4.78 is 26.3. The van der Waals surface area contributed by atoms with Gasteiger partial charge in [0.15, 0.2) is 0 Å². The van der Waals surface area contributed by atoms with Crippen molar-refractivity contribution in [3.8, 4) is 17.2 Å². The van der Waals surface area contributed by atoms with Crippen LogP contribution in [0.5, 0.6) is 17.2 Å². The summed E-state index contributed by atoms with van der Waals surface area (Å²) in [6, 6.07) is 19.3. The molecule has 0 radical (unpaired) electrons. The Bertz CT molecular complexity index is 973. The van der Waals surface area contributed by atoms with Crippen LogP contribution in [0.15, 0.2) is 66.7 Å². The summed E-state index contributed by atoms with van der Waals surface area (Å²) in [4.78, 5) is 12.5. The zero-order valence-electron chi connectivity index (χ0n) is 15.6. The molecule has 3 aromatic carbocycles. The van der Waals surface area contributed by atoms with Crippen LogP contribution < -0.4 is 9.47 Å². The van der Waals surface area contributed by atoms with Crippen LogP contribution in [-0.2, 0) is 11.2 Å². The van der Waals surface area contributed by atoms with E-state index in [-0.39, 0.29) is 5.78 Å². The van der Waals surface area contributed by atoms with Gasteiger partial charge in [0.05, 0.1) is 13.0 Å². The van der Waals surface area contributed by atoms with Gasteiger partial charge in [-0.3, -0.25) is 4.79 Å². The largest absolute Gasteiger partial charge is 0.497 e. The van der Waals surface area contributed by atoms with Crippen molar-refractivity contribution in [3.63, 3.8) is 0 Å². The first-order valence-corrected chi connectivity index (χ1v) is 9.91. The molecule has 3 nitrogen and oxygen atoms in total. The van der Waals surface area contributed by atoms with E-state index in [0.717, 1.165) is 14.9 Å². The number of para-hydroxylation sites is 1. The predicted octanol–water partition coefficient (Wildman–Crippen LogP) is 6.15. The molecular weight excluding hydrogens is 474 g/mol. The fraction of sp³-hybridized carbons (Fsp3) is 0.174. The molecule has 0 aliphatic carbocycles. The lowest BCUT2D eigenvalue weighted by molar-refractivity contribution is -0.118. The second-order valence-electron chi connectivity index (χ2n) is 6.42. The maximum Gasteiger partial charge on any atom is 0.137 e. The Hall–Kier alpha value is -2.41. The lowest BCUT2D eigenvalue weighted by Crippen LogP contribution is -2.14. The summed E-state index contributed by atoms with van der Waals surface area (Å²) in [7, 11) is 1.60. The molecule has 0 aliphatic rings. The number of benzene rings is 3. The number of hydrogen-bond acceptors (Lipinski definition) is 3. The molecule has 1 unspecified atom stereocenters. The van der Waals surface area contributed by atoms with Gasteiger partial charge in [-0.1, -0.05) is 18.2 Å². The molecule has 3 rings (SSSR count). The highest BCUT2D eigenvalue weighted by Gasteiger charge is 2.24. The van der Waals surface area contributed by atoms with E-state index in [1.165, 1.54) is 19.1 Å². The normalized spacial score (nSPS) is 11.7. The molecule has 28 heavy (non-hydrogen) atoms. The zero-order chi connectivity index (χ0) is 20.1. The van der Waals surface area contributed by atoms with Crippen LogP contribution in [0.1, 0.15) is 24.0 Å². The van der Waals surface area contributed by atoms with Gasteiger partial charge in [0.1, 0.15) is 28.8 Å². The van der Waals surface area contributed by atoms with Gasteiger partial charge < -0.3 is 9.47 Å². The molecule has 1 atom stereocenters. The average molecular weight is 494 g/mol. The van der Waals surface area contributed by atoms with Crippen molar-refractivity contribution in [1.29, 1.82) is 0 Å². The molecule has 5 heteroatoms. The van der Waals surface area contributed by atoms with Crippen molar-refractivity contribution in [2.24, 2.45) is 0 Å². The van der Waals surface area contributed by atoms with E-state index in [9.17, 15) is 9.18 Å². The number of rotatable bonds is 7. The van der Waals surface area contributed by atoms with Gasteiger partial charge in [-0.25, -0.2) is 4.39 Å². The Morgan fingerprint density at radius 3 is 2.46 bits per heavy atom. The minimum atomic E-state index is -0.532. The molecule has 0 spiro atoms. The van der Waals surface area contributed by atoms with Crippen molar-refractivity contribution in [1.82, 2.24) is 0 Å². The van der Waals surface area contributed by atoms with Gasteiger partial charge in [-0.05, 0) is 90.0 Å². The first kappa shape index (κ1) is 20.3. The Kier molecular flexibility index (Phi) is 6.67. The Morgan fingerprint density at radius 2 is 1.79 bits per heavy atom. The number of hydrogen-bond donors (Lipinski definition) is 0. The molecule has 144 valence electrons. The molecule has 0 aliphatic heterocycles. The van der Waals surface area contributed by atoms with Crippen molar-refractivity contribution in [2.45, 2.75) is 19.3 Å². The summed E-state index contributed by atoms with van der Waals surface area (Å²) in [5.74, 6) is 0.844. The van der Waals surface area contributed by atoms with E-state index in [0.29, 0.717) is 23.5 Å². The second-order valence-corrected chi connectivity index (χ2v) is 7.58. The van der Waals surface area contributed by atoms with E-state index in [4.69, 9.17) is 9.47 Å². The molecule has 0 saturated heterocycles. The number of Topliss-reactive ketones (excluding diaryl/α,β-unsaturated/α-hetero) is 1. The third-order valence-electron chi connectivity index (χ3n) is 4.49. The topological polar surface area (TPSA) is 35.5 Å². The fourth-order valence-corrected chi connectivity index (χ4v) is 3.58. The lowest BCUT2D eigenvalue weighted by Gasteiger charge is -2.20. The first-order valence-electron chi connectivity index (χ1n) is 8.83. The molecule has 0 N–H and O–H groups in total. The summed E-state index contributed by atoms with van der Waals surface area (Å²) >= 11 is 2.23. The van der Waals surface area contributed by atoms with Crippen LogP contribution in [0, 0.1) is 9.39 Å². The lowest BCUT2D eigenvalue weighted by atomic mass is 9.88. The van der Waals surface area contributed by atoms with E-state index < -0.39 is 11.7 Å². The fourth-order valence-electron chi connectivity index (χ4n) is 3.03. The van der Waals surface area contributed by atoms with E-state index in [2.05, 4.69) is 22.6 Å². The van der Waals surface area contributed by atoms with Gasteiger partial charge in [-0.15, -0.1) is 0 Å². The standard InChI is InChI=1S/C23H20FIO3/c1-15(26)20(13-16-12-19(27-2)9-10-22(16)25)21-14-17(24)8-11-23(21)28-18-6-4-3-5-7-18/h3-12,14,20H,13H2,1-2H3/i25+4. The maximum atomic E-state index is 14.1. The molecule has 0 aromatic heterocycles. The van der Waals surface area contributed by atoms with E-state index in [1.54, 1.807) is 13.2 Å². The van der Waals surface area contributed by atoms with Crippen LogP contribution in [0.3, 0.4) is 0 Å². The smallest absolute Gasteiger partial charge is 0.137 e. The highest BCUT2D eigenvalue weighted by molar-refractivity contribution is 14.1. The molecule has 0 saturated carbocycles. The highest BCUT2D eigenvalue weighted by Crippen LogP contribution is 2.35. The van der Waals surface area contributed by atoms with Crippen LogP contribution in [-0.4, -0.2) is 12.9 Å². The molecule has 0 fully saturated rings. The summed E-state index contributed by atoms with van der Waals surface area (Å²) in [5.41, 5.74) is 1.50. The minimum Gasteiger partial charge on any atom is -0.497 e. The van der Waals surface area contributed by atoms with Crippen LogP contribution in [0.25, 0.3) is 0 Å². The third kappa shape index (κ3) is 4.90. The van der Waals surface area contributed by atoms with Crippen LogP contribution in [0.2, 0.25) is 0 Å². The SMILES string of the molecule is COc1ccc([131I])c(CC(C(C)=O)c2cc(F)ccc2Oc2ccccc2)c1. The summed E-state index contributed by atoms with van der Waals surface area (Å²) in [6.45, 7) is 1.52. The molecule has 0 bridgehead atoms. The van der Waals surface area contributed by atoms with Crippen molar-refractivity contribution >= 4 is 28.4 Å². The van der Waals surface area contributed by atoms with Crippen LogP contribution >= 0.6 is 22.6 Å². The van der Waals surface area contributed by atoms with Crippen molar-refractivity contribution in [3.05, 3.63) is 87.2 Å². The maximum absolute atomic E-state index is 14.1. The van der Waals surface area contributed by atoms with Gasteiger partial charge >= 0.3 is 0 Å². The van der Waals surface area contributed by atoms with E-state index >= 15 is 0 Å². The van der Waals surface area contributed by atoms with Gasteiger partial charge in [0.25, 0.3) is 0 Å². The average Bonchev–Trinajstić information content (AvgIpc) is 2.69. The van der Waals surface area contributed by atoms with E-state index in [1.807, 2.05) is 48.5 Å². The number of methoxy groups -OCH3 is 1. The van der Waals surface area contributed by atoms with Crippen molar-refractivity contribution in [2.75, 3.05) is 7.11 Å². The Balaban J connectivity index is 2.00. The number of ether oxygens (including phenoxy) is 2. The van der Waals surface area contributed by atoms with Crippen molar-refractivity contribution < 1.29 is 18.7 Å². The second kappa shape index (κ2) is 9.19. The highest BCUT2D eigenvalue weighted by atomic mass is 131. The molecule has 3 aromatic rings. The number of halogens is 2. The predicted molar refractivity (Wildman–Crippen MR) is 116 cm³/mol. The van der Waals surface area contributed by atoms with Gasteiger partial charge in [0, 0.05) is 9.13 Å². The third-order valence-corrected chi connectivity index (χ3v) is 5.54. The zero-order valence-corrected chi connectivity index (χ0v) is 17.8. The summed E-state index contributed by atoms with van der Waals surface area (Å²) in [5, 5.41) is 0. The Morgan fingerprint density at radius 1 is 1.04 bits per heavy atom. The van der Waals surface area contributed by atoms with Gasteiger partial charge in [0.2, 0.25) is 0 Å². The number of ketones is 1. The monoisotopic (exact) mass is 494 g/mol. The number of carbonyl (C=O) groups excluding carboxylic acids is 1. The first-order chi connectivity index (χ1) is 13.5. The summed E-state index contributed by atoms with van der Waals surface area (Å²) in [6.07, 6.45) is 0.430. The minimum absolute atomic E-state index is 0.0536.